The van der Waals surface area contributed by atoms with Crippen LogP contribution >= 0.6 is 11.8 Å². The van der Waals surface area contributed by atoms with Crippen molar-refractivity contribution in [3.05, 3.63) is 30.3 Å². The summed E-state index contributed by atoms with van der Waals surface area (Å²) >= 11 is 1.88. The Kier molecular flexibility index (Phi) is 5.76. The zero-order valence-corrected chi connectivity index (χ0v) is 12.6. The molecular formula is C15H23N3S. The van der Waals surface area contributed by atoms with Gasteiger partial charge in [-0.25, -0.2) is 0 Å². The van der Waals surface area contributed by atoms with Crippen LogP contribution in [0.15, 0.2) is 35.4 Å². The van der Waals surface area contributed by atoms with Crippen LogP contribution in [0.25, 0.3) is 10.9 Å². The number of para-hydroxylation sites is 1. The number of fused-ring (bicyclic) bond motifs is 1. The Morgan fingerprint density at radius 1 is 1.21 bits per heavy atom. The van der Waals surface area contributed by atoms with E-state index in [-0.39, 0.29) is 0 Å². The molecule has 0 aliphatic heterocycles. The number of hydrogen-bond acceptors (Lipinski definition) is 3. The quantitative estimate of drug-likeness (QED) is 0.575. The molecule has 2 rings (SSSR count). The number of aromatic amines is 1. The Labute approximate surface area is 119 Å². The molecule has 2 aromatic rings. The number of H-pyrrole nitrogens is 1. The van der Waals surface area contributed by atoms with Gasteiger partial charge in [-0.3, -0.25) is 0 Å². The van der Waals surface area contributed by atoms with Crippen molar-refractivity contribution in [2.45, 2.75) is 11.4 Å². The molecule has 0 atom stereocenters. The first kappa shape index (κ1) is 14.4. The minimum Gasteiger partial charge on any atom is -0.350 e. The Balaban J connectivity index is 1.63. The van der Waals surface area contributed by atoms with E-state index < -0.39 is 0 Å². The summed E-state index contributed by atoms with van der Waals surface area (Å²) in [5.41, 5.74) is 1.23. The number of nitrogens with zero attached hydrogens (tertiary/aromatic N) is 1. The van der Waals surface area contributed by atoms with Gasteiger partial charge in [0.1, 0.15) is 0 Å². The van der Waals surface area contributed by atoms with Crippen LogP contribution in [0.4, 0.5) is 0 Å². The molecule has 2 N–H and O–H groups in total. The van der Waals surface area contributed by atoms with E-state index in [0.29, 0.717) is 0 Å². The second-order valence-electron chi connectivity index (χ2n) is 4.98. The standard InChI is InChI=1S/C15H23N3S/c1-18(2)10-5-8-16-9-11-19-15-12-13-6-3-4-7-14(13)17-15/h3-4,6-7,12,16-17H,5,8-11H2,1-2H3. The van der Waals surface area contributed by atoms with Crippen LogP contribution in [-0.2, 0) is 0 Å². The highest BCUT2D eigenvalue weighted by molar-refractivity contribution is 7.99. The third-order valence-electron chi connectivity index (χ3n) is 3.00. The molecule has 1 aromatic carbocycles. The Morgan fingerprint density at radius 3 is 2.84 bits per heavy atom. The zero-order chi connectivity index (χ0) is 13.5. The lowest BCUT2D eigenvalue weighted by molar-refractivity contribution is 0.396. The summed E-state index contributed by atoms with van der Waals surface area (Å²) in [6.45, 7) is 3.32. The molecule has 19 heavy (non-hydrogen) atoms. The van der Waals surface area contributed by atoms with Gasteiger partial charge in [0.2, 0.25) is 0 Å². The number of aromatic nitrogens is 1. The number of benzene rings is 1. The van der Waals surface area contributed by atoms with Gasteiger partial charge >= 0.3 is 0 Å². The minimum absolute atomic E-state index is 1.06. The van der Waals surface area contributed by atoms with Gasteiger partial charge in [-0.1, -0.05) is 18.2 Å². The van der Waals surface area contributed by atoms with E-state index in [0.717, 1.165) is 25.4 Å². The molecule has 0 fully saturated rings. The topological polar surface area (TPSA) is 31.1 Å². The van der Waals surface area contributed by atoms with Crippen molar-refractivity contribution in [2.24, 2.45) is 0 Å². The van der Waals surface area contributed by atoms with Crippen molar-refractivity contribution >= 4 is 22.7 Å². The van der Waals surface area contributed by atoms with Crippen LogP contribution in [0.5, 0.6) is 0 Å². The molecule has 0 amide bonds. The van der Waals surface area contributed by atoms with Gasteiger partial charge in [0, 0.05) is 23.2 Å². The monoisotopic (exact) mass is 277 g/mol. The van der Waals surface area contributed by atoms with Gasteiger partial charge in [-0.2, -0.15) is 0 Å². The molecule has 0 aliphatic carbocycles. The van der Waals surface area contributed by atoms with Crippen molar-refractivity contribution in [1.29, 1.82) is 0 Å². The lowest BCUT2D eigenvalue weighted by atomic mass is 10.3. The van der Waals surface area contributed by atoms with Gasteiger partial charge < -0.3 is 15.2 Å². The largest absolute Gasteiger partial charge is 0.350 e. The van der Waals surface area contributed by atoms with Crippen molar-refractivity contribution in [1.82, 2.24) is 15.2 Å². The third kappa shape index (κ3) is 4.90. The molecule has 0 unspecified atom stereocenters. The maximum absolute atomic E-state index is 3.48. The lowest BCUT2D eigenvalue weighted by Gasteiger charge is -2.09. The summed E-state index contributed by atoms with van der Waals surface area (Å²) in [7, 11) is 4.23. The van der Waals surface area contributed by atoms with Crippen LogP contribution in [0.2, 0.25) is 0 Å². The maximum Gasteiger partial charge on any atom is 0.0732 e. The van der Waals surface area contributed by atoms with Gasteiger partial charge in [-0.05, 0) is 45.7 Å². The van der Waals surface area contributed by atoms with Crippen LogP contribution in [0, 0.1) is 0 Å². The number of hydrogen-bond donors (Lipinski definition) is 2. The number of rotatable bonds is 8. The molecule has 1 aromatic heterocycles. The molecule has 0 radical (unpaired) electrons. The molecular weight excluding hydrogens is 254 g/mol. The molecule has 0 bridgehead atoms. The van der Waals surface area contributed by atoms with Gasteiger partial charge in [0.15, 0.2) is 0 Å². The van der Waals surface area contributed by atoms with Gasteiger partial charge in [0.05, 0.1) is 5.03 Å². The molecule has 0 saturated carbocycles. The second-order valence-corrected chi connectivity index (χ2v) is 6.11. The Bertz CT molecular complexity index is 460. The fraction of sp³-hybridized carbons (Fsp3) is 0.467. The van der Waals surface area contributed by atoms with Crippen LogP contribution < -0.4 is 5.32 Å². The number of nitrogens with one attached hydrogen (secondary N) is 2. The SMILES string of the molecule is CN(C)CCCNCCSc1cc2ccccc2[nH]1. The highest BCUT2D eigenvalue weighted by Crippen LogP contribution is 2.22. The summed E-state index contributed by atoms with van der Waals surface area (Å²) in [4.78, 5) is 5.66. The Hall–Kier alpha value is -0.970. The van der Waals surface area contributed by atoms with E-state index in [4.69, 9.17) is 0 Å². The first-order valence-electron chi connectivity index (χ1n) is 6.82. The average molecular weight is 277 g/mol. The summed E-state index contributed by atoms with van der Waals surface area (Å²) in [5.74, 6) is 1.11. The van der Waals surface area contributed by atoms with Crippen molar-refractivity contribution < 1.29 is 0 Å². The molecule has 0 aliphatic rings. The zero-order valence-electron chi connectivity index (χ0n) is 11.8. The first-order valence-corrected chi connectivity index (χ1v) is 7.80. The van der Waals surface area contributed by atoms with E-state index in [1.54, 1.807) is 0 Å². The van der Waals surface area contributed by atoms with E-state index in [1.807, 2.05) is 11.8 Å². The number of thioether (sulfide) groups is 1. The van der Waals surface area contributed by atoms with Gasteiger partial charge in [0.25, 0.3) is 0 Å². The highest BCUT2D eigenvalue weighted by Gasteiger charge is 2.00. The van der Waals surface area contributed by atoms with E-state index in [1.165, 1.54) is 22.3 Å². The molecule has 0 spiro atoms. The van der Waals surface area contributed by atoms with Crippen LogP contribution in [0.3, 0.4) is 0 Å². The van der Waals surface area contributed by atoms with E-state index in [2.05, 4.69) is 59.6 Å². The fourth-order valence-corrected chi connectivity index (χ4v) is 2.86. The van der Waals surface area contributed by atoms with Crippen LogP contribution in [0.1, 0.15) is 6.42 Å². The van der Waals surface area contributed by atoms with Crippen molar-refractivity contribution in [3.63, 3.8) is 0 Å². The molecule has 104 valence electrons. The van der Waals surface area contributed by atoms with E-state index in [9.17, 15) is 0 Å². The summed E-state index contributed by atoms with van der Waals surface area (Å²) in [6.07, 6.45) is 1.21. The van der Waals surface area contributed by atoms with Crippen LogP contribution in [-0.4, -0.2) is 49.4 Å². The summed E-state index contributed by atoms with van der Waals surface area (Å²) < 4.78 is 0. The summed E-state index contributed by atoms with van der Waals surface area (Å²) in [6, 6.07) is 10.6. The fourth-order valence-electron chi connectivity index (χ4n) is 2.00. The predicted octanol–water partition coefficient (Wildman–Crippen LogP) is 2.80. The summed E-state index contributed by atoms with van der Waals surface area (Å²) in [5, 5.41) is 6.04. The molecule has 0 saturated heterocycles. The third-order valence-corrected chi connectivity index (χ3v) is 3.94. The highest BCUT2D eigenvalue weighted by atomic mass is 32.2. The normalized spacial score (nSPS) is 11.5. The van der Waals surface area contributed by atoms with E-state index >= 15 is 0 Å². The smallest absolute Gasteiger partial charge is 0.0732 e. The average Bonchev–Trinajstić information content (AvgIpc) is 2.79. The lowest BCUT2D eigenvalue weighted by Crippen LogP contribution is -2.23. The van der Waals surface area contributed by atoms with Crippen molar-refractivity contribution in [3.8, 4) is 0 Å². The maximum atomic E-state index is 3.48. The second kappa shape index (κ2) is 7.58. The molecule has 4 heteroatoms. The molecule has 3 nitrogen and oxygen atoms in total. The minimum atomic E-state index is 1.06. The Morgan fingerprint density at radius 2 is 2.05 bits per heavy atom. The predicted molar refractivity (Wildman–Crippen MR) is 85.1 cm³/mol. The molecule has 1 heterocycles. The van der Waals surface area contributed by atoms with Gasteiger partial charge in [-0.15, -0.1) is 11.8 Å². The van der Waals surface area contributed by atoms with Crippen molar-refractivity contribution in [2.75, 3.05) is 39.5 Å². The first-order chi connectivity index (χ1) is 9.25.